The normalized spacial score (nSPS) is 16.9. The van der Waals surface area contributed by atoms with Crippen molar-refractivity contribution < 1.29 is 9.53 Å². The second-order valence-electron chi connectivity index (χ2n) is 4.73. The summed E-state index contributed by atoms with van der Waals surface area (Å²) in [6, 6.07) is 7.90. The molecule has 0 fully saturated rings. The molecule has 21 heavy (non-hydrogen) atoms. The fourth-order valence-corrected chi connectivity index (χ4v) is 3.69. The lowest BCUT2D eigenvalue weighted by molar-refractivity contribution is 0.0587. The zero-order valence-electron chi connectivity index (χ0n) is 11.4. The van der Waals surface area contributed by atoms with E-state index in [0.29, 0.717) is 11.3 Å². The number of hydrogen-bond acceptors (Lipinski definition) is 5. The van der Waals surface area contributed by atoms with E-state index in [1.807, 2.05) is 22.8 Å². The van der Waals surface area contributed by atoms with Crippen molar-refractivity contribution in [1.82, 2.24) is 9.55 Å². The summed E-state index contributed by atoms with van der Waals surface area (Å²) in [5, 5.41) is 9.00. The lowest BCUT2D eigenvalue weighted by Gasteiger charge is -2.27. The van der Waals surface area contributed by atoms with Gasteiger partial charge in [-0.1, -0.05) is 6.07 Å². The van der Waals surface area contributed by atoms with E-state index in [1.54, 1.807) is 18.1 Å². The maximum atomic E-state index is 11.8. The first-order valence-corrected chi connectivity index (χ1v) is 7.61. The number of carbonyl (C=O) groups is 1. The number of nitrogens with zero attached hydrogens (tertiary/aromatic N) is 3. The lowest BCUT2D eigenvalue weighted by Crippen LogP contribution is -2.22. The van der Waals surface area contributed by atoms with Gasteiger partial charge < -0.3 is 9.30 Å². The molecule has 2 heterocycles. The molecule has 5 nitrogen and oxygen atoms in total. The molecule has 0 N–H and O–H groups in total. The van der Waals surface area contributed by atoms with Crippen LogP contribution in [0.4, 0.5) is 0 Å². The van der Waals surface area contributed by atoms with Crippen LogP contribution in [0.25, 0.3) is 0 Å². The first-order chi connectivity index (χ1) is 10.2. The summed E-state index contributed by atoms with van der Waals surface area (Å²) in [4.78, 5) is 15.9. The van der Waals surface area contributed by atoms with Gasteiger partial charge in [0.1, 0.15) is 5.69 Å². The van der Waals surface area contributed by atoms with Crippen molar-refractivity contribution in [2.75, 3.05) is 12.9 Å². The van der Waals surface area contributed by atoms with Crippen LogP contribution < -0.4 is 0 Å². The van der Waals surface area contributed by atoms with Gasteiger partial charge in [-0.25, -0.2) is 9.78 Å². The molecule has 3 rings (SSSR count). The number of methoxy groups -OCH3 is 1. The third kappa shape index (κ3) is 2.41. The Morgan fingerprint density at radius 1 is 1.57 bits per heavy atom. The number of rotatable bonds is 2. The van der Waals surface area contributed by atoms with Crippen LogP contribution in [-0.2, 0) is 10.5 Å². The fourth-order valence-electron chi connectivity index (χ4n) is 2.54. The minimum Gasteiger partial charge on any atom is -0.464 e. The van der Waals surface area contributed by atoms with Gasteiger partial charge in [0.15, 0.2) is 0 Å². The van der Waals surface area contributed by atoms with E-state index in [0.717, 1.165) is 22.6 Å². The molecule has 1 aliphatic rings. The van der Waals surface area contributed by atoms with Crippen LogP contribution in [0.15, 0.2) is 30.7 Å². The highest BCUT2D eigenvalue weighted by Gasteiger charge is 2.26. The monoisotopic (exact) mass is 299 g/mol. The minimum atomic E-state index is -0.390. The smallest absolute Gasteiger partial charge is 0.356 e. The van der Waals surface area contributed by atoms with Crippen molar-refractivity contribution in [3.05, 3.63) is 53.1 Å². The highest BCUT2D eigenvalue weighted by molar-refractivity contribution is 7.98. The Hall–Kier alpha value is -2.26. The van der Waals surface area contributed by atoms with E-state index in [1.165, 1.54) is 13.3 Å². The first-order valence-electron chi connectivity index (χ1n) is 6.45. The molecule has 2 aromatic rings. The van der Waals surface area contributed by atoms with Gasteiger partial charge in [0.2, 0.25) is 0 Å². The number of aromatic nitrogens is 2. The molecule has 1 atom stereocenters. The summed E-state index contributed by atoms with van der Waals surface area (Å²) in [7, 11) is 1.36. The minimum absolute atomic E-state index is 0.0306. The van der Waals surface area contributed by atoms with Crippen LogP contribution in [0.3, 0.4) is 0 Å². The van der Waals surface area contributed by atoms with Gasteiger partial charge in [-0.15, -0.1) is 0 Å². The van der Waals surface area contributed by atoms with E-state index < -0.39 is 5.97 Å². The van der Waals surface area contributed by atoms with Crippen LogP contribution in [0.1, 0.15) is 33.2 Å². The maximum absolute atomic E-state index is 11.8. The van der Waals surface area contributed by atoms with Crippen molar-refractivity contribution in [2.45, 2.75) is 11.8 Å². The Morgan fingerprint density at radius 2 is 2.43 bits per heavy atom. The summed E-state index contributed by atoms with van der Waals surface area (Å²) in [5.74, 6) is 1.35. The predicted octanol–water partition coefficient (Wildman–Crippen LogP) is 2.38. The zero-order valence-corrected chi connectivity index (χ0v) is 12.3. The highest BCUT2D eigenvalue weighted by Crippen LogP contribution is 2.35. The first kappa shape index (κ1) is 13.7. The van der Waals surface area contributed by atoms with Crippen LogP contribution in [0, 0.1) is 11.3 Å². The second kappa shape index (κ2) is 5.62. The van der Waals surface area contributed by atoms with Gasteiger partial charge in [-0.05, 0) is 23.3 Å². The zero-order chi connectivity index (χ0) is 14.8. The summed E-state index contributed by atoms with van der Waals surface area (Å²) in [6.45, 7) is 0. The molecule has 1 aromatic heterocycles. The number of fused-ring (bicyclic) bond motifs is 1. The SMILES string of the molecule is COC(=O)c1cncn1C1CSCc2cc(C#N)ccc21. The molecule has 0 amide bonds. The van der Waals surface area contributed by atoms with Crippen molar-refractivity contribution in [3.8, 4) is 6.07 Å². The highest BCUT2D eigenvalue weighted by atomic mass is 32.2. The summed E-state index contributed by atoms with van der Waals surface area (Å²) < 4.78 is 6.65. The number of benzene rings is 1. The number of thioether (sulfide) groups is 1. The number of hydrogen-bond donors (Lipinski definition) is 0. The van der Waals surface area contributed by atoms with Gasteiger partial charge in [-0.3, -0.25) is 0 Å². The van der Waals surface area contributed by atoms with E-state index in [4.69, 9.17) is 10.00 Å². The van der Waals surface area contributed by atoms with Crippen LogP contribution >= 0.6 is 11.8 Å². The molecular formula is C15H13N3O2S. The molecule has 0 aliphatic carbocycles. The largest absolute Gasteiger partial charge is 0.464 e. The molecule has 106 valence electrons. The maximum Gasteiger partial charge on any atom is 0.356 e. The van der Waals surface area contributed by atoms with Crippen LogP contribution in [0.5, 0.6) is 0 Å². The van der Waals surface area contributed by atoms with Crippen molar-refractivity contribution in [1.29, 1.82) is 5.26 Å². The third-order valence-corrected chi connectivity index (χ3v) is 4.63. The Kier molecular flexibility index (Phi) is 3.67. The molecule has 1 aliphatic heterocycles. The van der Waals surface area contributed by atoms with Gasteiger partial charge in [0, 0.05) is 11.5 Å². The van der Waals surface area contributed by atoms with Crippen molar-refractivity contribution in [2.24, 2.45) is 0 Å². The third-order valence-electron chi connectivity index (χ3n) is 3.56. The quantitative estimate of drug-likeness (QED) is 0.796. The second-order valence-corrected chi connectivity index (χ2v) is 5.76. The predicted molar refractivity (Wildman–Crippen MR) is 79.0 cm³/mol. The number of nitriles is 1. The summed E-state index contributed by atoms with van der Waals surface area (Å²) in [5.41, 5.74) is 3.38. The average Bonchev–Trinajstić information content (AvgIpc) is 3.02. The number of ether oxygens (including phenoxy) is 1. The lowest BCUT2D eigenvalue weighted by atomic mass is 9.99. The van der Waals surface area contributed by atoms with Gasteiger partial charge in [-0.2, -0.15) is 17.0 Å². The number of imidazole rings is 1. The fraction of sp³-hybridized carbons (Fsp3) is 0.267. The average molecular weight is 299 g/mol. The molecule has 0 saturated carbocycles. The molecule has 0 saturated heterocycles. The molecule has 0 spiro atoms. The van der Waals surface area contributed by atoms with E-state index >= 15 is 0 Å². The molecular weight excluding hydrogens is 286 g/mol. The van der Waals surface area contributed by atoms with Crippen molar-refractivity contribution >= 4 is 17.7 Å². The van der Waals surface area contributed by atoms with Gasteiger partial charge in [0.05, 0.1) is 37.3 Å². The van der Waals surface area contributed by atoms with Crippen LogP contribution in [-0.4, -0.2) is 28.4 Å². The standard InChI is InChI=1S/C15H13N3O2S/c1-20-15(19)13-6-17-9-18(13)14-8-21-7-11-4-10(5-16)2-3-12(11)14/h2-4,6,9,14H,7-8H2,1H3. The Bertz CT molecular complexity index is 733. The Balaban J connectivity index is 2.05. The van der Waals surface area contributed by atoms with Gasteiger partial charge >= 0.3 is 5.97 Å². The molecule has 0 bridgehead atoms. The van der Waals surface area contributed by atoms with Gasteiger partial charge in [0.25, 0.3) is 0 Å². The van der Waals surface area contributed by atoms with Crippen LogP contribution in [0.2, 0.25) is 0 Å². The van der Waals surface area contributed by atoms with E-state index in [2.05, 4.69) is 11.1 Å². The number of esters is 1. The summed E-state index contributed by atoms with van der Waals surface area (Å²) >= 11 is 1.78. The van der Waals surface area contributed by atoms with Crippen molar-refractivity contribution in [3.63, 3.8) is 0 Å². The molecule has 6 heteroatoms. The van der Waals surface area contributed by atoms with E-state index in [9.17, 15) is 4.79 Å². The Morgan fingerprint density at radius 3 is 3.19 bits per heavy atom. The molecule has 0 radical (unpaired) electrons. The summed E-state index contributed by atoms with van der Waals surface area (Å²) in [6.07, 6.45) is 3.18. The van der Waals surface area contributed by atoms with E-state index in [-0.39, 0.29) is 6.04 Å². The number of carbonyl (C=O) groups excluding carboxylic acids is 1. The molecule has 1 aromatic carbocycles. The topological polar surface area (TPSA) is 67.9 Å². The Labute approximate surface area is 126 Å². The molecule has 1 unspecified atom stereocenters.